The van der Waals surface area contributed by atoms with E-state index in [1.165, 1.54) is 113 Å². The third kappa shape index (κ3) is 4.66. The lowest BCUT2D eigenvalue weighted by molar-refractivity contribution is 0.669. The second kappa shape index (κ2) is 13.4. The zero-order valence-electron chi connectivity index (χ0n) is 36.0. The SMILES string of the molecule is c1ccc([Si](c2ccccc2)(c2ccccc2)c2cccc(CCc3c4c5cccc6c7ccccc7n(c4cc4c7cc8oc9ccccc9c8c8c9ccccc9n(c34)c78)c65)c2)cc1. The second-order valence-electron chi connectivity index (χ2n) is 18.2. The monoisotopic (exact) mass is 856 g/mol. The number of nitrogens with zero attached hydrogens (tertiary/aromatic N) is 2. The Bertz CT molecular complexity index is 4290. The Morgan fingerprint density at radius 3 is 1.61 bits per heavy atom. The van der Waals surface area contributed by atoms with Gasteiger partial charge in [-0.25, -0.2) is 0 Å². The normalized spacial score (nSPS) is 12.7. The largest absolute Gasteiger partial charge is 0.456 e. The van der Waals surface area contributed by atoms with Crippen molar-refractivity contribution < 1.29 is 4.42 Å². The van der Waals surface area contributed by atoms with Gasteiger partial charge in [0.25, 0.3) is 0 Å². The van der Waals surface area contributed by atoms with Gasteiger partial charge in [0.05, 0.1) is 33.1 Å². The maximum atomic E-state index is 6.75. The molecule has 308 valence electrons. The Kier molecular flexibility index (Phi) is 7.36. The molecule has 0 aliphatic heterocycles. The summed E-state index contributed by atoms with van der Waals surface area (Å²) in [5, 5.41) is 18.3. The molecule has 0 saturated carbocycles. The Hall–Kier alpha value is -8.18. The van der Waals surface area contributed by atoms with E-state index < -0.39 is 8.07 Å². The van der Waals surface area contributed by atoms with Crippen molar-refractivity contribution >= 4 is 127 Å². The molecule has 0 spiro atoms. The first kappa shape index (κ1) is 36.2. The molecule has 0 atom stereocenters. The zero-order chi connectivity index (χ0) is 43.1. The molecular formula is C62H40N2OSi. The molecule has 0 radical (unpaired) electrons. The summed E-state index contributed by atoms with van der Waals surface area (Å²) in [6, 6.07) is 81.7. The van der Waals surface area contributed by atoms with Gasteiger partial charge in [-0.05, 0) is 75.0 Å². The minimum absolute atomic E-state index is 0.867. The van der Waals surface area contributed by atoms with Crippen molar-refractivity contribution in [2.24, 2.45) is 0 Å². The maximum absolute atomic E-state index is 6.75. The molecule has 0 fully saturated rings. The quantitative estimate of drug-likeness (QED) is 0.116. The second-order valence-corrected chi connectivity index (χ2v) is 22.0. The Morgan fingerprint density at radius 1 is 0.318 bits per heavy atom. The molecule has 0 bridgehead atoms. The fraction of sp³-hybridized carbons (Fsp3) is 0.0323. The molecular weight excluding hydrogens is 817 g/mol. The van der Waals surface area contributed by atoms with E-state index in [1.807, 2.05) is 0 Å². The first-order chi connectivity index (χ1) is 32.8. The Morgan fingerprint density at radius 2 is 0.879 bits per heavy atom. The van der Waals surface area contributed by atoms with Crippen LogP contribution in [0.3, 0.4) is 0 Å². The zero-order valence-corrected chi connectivity index (χ0v) is 37.0. The molecule has 3 nitrogen and oxygen atoms in total. The van der Waals surface area contributed by atoms with Crippen molar-refractivity contribution in [1.82, 2.24) is 8.80 Å². The molecule has 15 rings (SSSR count). The molecule has 5 aromatic heterocycles. The standard InChI is InChI=1S/C62H40N2OSi/c1-4-19-40(20-5-1)66(41-21-6-2-7-22-41,42-23-8-3-9-24-42)43-25-16-18-39(36-43)34-35-49-57-48-30-17-29-45-44-26-10-13-31-52(44)63(60(45)48)54(57)37-50-51-38-56-58(47-28-12-15-33-55(47)65-56)59-46-27-11-14-32-53(46)64(61(49)50)62(51)59/h1-33,36-38H,34-35H2. The molecule has 66 heavy (non-hydrogen) atoms. The molecule has 5 heterocycles. The third-order valence-corrected chi connectivity index (χ3v) is 19.8. The molecule has 0 amide bonds. The van der Waals surface area contributed by atoms with E-state index in [2.05, 4.69) is 227 Å². The van der Waals surface area contributed by atoms with E-state index in [9.17, 15) is 0 Å². The number of benzene rings is 10. The smallest absolute Gasteiger partial charge is 0.179 e. The predicted octanol–water partition coefficient (Wildman–Crippen LogP) is 13.0. The molecule has 10 aromatic carbocycles. The minimum atomic E-state index is -2.72. The molecule has 0 N–H and O–H groups in total. The van der Waals surface area contributed by atoms with Crippen LogP contribution in [-0.2, 0) is 12.8 Å². The number of hydrogen-bond donors (Lipinski definition) is 0. The summed E-state index contributed by atoms with van der Waals surface area (Å²) in [6.07, 6.45) is 1.75. The van der Waals surface area contributed by atoms with Gasteiger partial charge < -0.3 is 13.2 Å². The van der Waals surface area contributed by atoms with E-state index in [0.29, 0.717) is 0 Å². The Labute approximate surface area is 380 Å². The van der Waals surface area contributed by atoms with Crippen molar-refractivity contribution in [2.45, 2.75) is 12.8 Å². The van der Waals surface area contributed by atoms with Gasteiger partial charge in [-0.15, -0.1) is 0 Å². The minimum Gasteiger partial charge on any atom is -0.456 e. The van der Waals surface area contributed by atoms with Gasteiger partial charge in [0.15, 0.2) is 8.07 Å². The lowest BCUT2D eigenvalue weighted by Gasteiger charge is -2.34. The highest BCUT2D eigenvalue weighted by Gasteiger charge is 2.41. The van der Waals surface area contributed by atoms with Gasteiger partial charge in [-0.3, -0.25) is 0 Å². The Balaban J connectivity index is 1.03. The van der Waals surface area contributed by atoms with E-state index >= 15 is 0 Å². The lowest BCUT2D eigenvalue weighted by atomic mass is 9.95. The van der Waals surface area contributed by atoms with Gasteiger partial charge in [0.2, 0.25) is 0 Å². The lowest BCUT2D eigenvalue weighted by Crippen LogP contribution is -2.74. The topological polar surface area (TPSA) is 22.0 Å². The number of rotatable bonds is 7. The van der Waals surface area contributed by atoms with Crippen LogP contribution in [0, 0.1) is 0 Å². The van der Waals surface area contributed by atoms with E-state index in [-0.39, 0.29) is 0 Å². The van der Waals surface area contributed by atoms with Crippen LogP contribution in [0.25, 0.3) is 98.1 Å². The average Bonchev–Trinajstić information content (AvgIpc) is 4.18. The van der Waals surface area contributed by atoms with Crippen LogP contribution in [0.15, 0.2) is 223 Å². The average molecular weight is 857 g/mol. The van der Waals surface area contributed by atoms with Crippen LogP contribution in [0.1, 0.15) is 11.1 Å². The van der Waals surface area contributed by atoms with Crippen molar-refractivity contribution in [3.05, 3.63) is 230 Å². The van der Waals surface area contributed by atoms with Gasteiger partial charge in [0, 0.05) is 53.9 Å². The summed E-state index contributed by atoms with van der Waals surface area (Å²) in [5.74, 6) is 0. The van der Waals surface area contributed by atoms with Crippen molar-refractivity contribution in [2.75, 3.05) is 0 Å². The third-order valence-electron chi connectivity index (χ3n) is 15.0. The van der Waals surface area contributed by atoms with Crippen LogP contribution < -0.4 is 20.7 Å². The van der Waals surface area contributed by atoms with Crippen LogP contribution in [0.4, 0.5) is 0 Å². The number of fused-ring (bicyclic) bond motifs is 16. The molecule has 0 unspecified atom stereocenters. The van der Waals surface area contributed by atoms with Crippen LogP contribution in [0.5, 0.6) is 0 Å². The van der Waals surface area contributed by atoms with Crippen molar-refractivity contribution in [3.8, 4) is 0 Å². The fourth-order valence-electron chi connectivity index (χ4n) is 12.5. The number of aromatic nitrogens is 2. The predicted molar refractivity (Wildman–Crippen MR) is 281 cm³/mol. The first-order valence-corrected chi connectivity index (χ1v) is 25.1. The van der Waals surface area contributed by atoms with Crippen LogP contribution in [-0.4, -0.2) is 16.9 Å². The molecule has 0 aliphatic rings. The first-order valence-electron chi connectivity index (χ1n) is 23.1. The summed E-state index contributed by atoms with van der Waals surface area (Å²) in [6.45, 7) is 0. The number of furan rings is 1. The van der Waals surface area contributed by atoms with E-state index in [0.717, 1.165) is 29.4 Å². The van der Waals surface area contributed by atoms with Crippen molar-refractivity contribution in [3.63, 3.8) is 0 Å². The molecule has 15 aromatic rings. The number of para-hydroxylation sites is 4. The van der Waals surface area contributed by atoms with Gasteiger partial charge >= 0.3 is 0 Å². The summed E-state index contributed by atoms with van der Waals surface area (Å²) >= 11 is 0. The van der Waals surface area contributed by atoms with Gasteiger partial charge in [-0.1, -0.05) is 188 Å². The summed E-state index contributed by atoms with van der Waals surface area (Å²) in [5.41, 5.74) is 12.2. The van der Waals surface area contributed by atoms with Crippen LogP contribution in [0.2, 0.25) is 0 Å². The molecule has 0 aliphatic carbocycles. The molecule has 4 heteroatoms. The maximum Gasteiger partial charge on any atom is 0.179 e. The van der Waals surface area contributed by atoms with Gasteiger partial charge in [-0.2, -0.15) is 0 Å². The summed E-state index contributed by atoms with van der Waals surface area (Å²) < 4.78 is 11.9. The van der Waals surface area contributed by atoms with E-state index in [4.69, 9.17) is 4.42 Å². The highest BCUT2D eigenvalue weighted by molar-refractivity contribution is 7.19. The van der Waals surface area contributed by atoms with E-state index in [1.54, 1.807) is 0 Å². The summed E-state index contributed by atoms with van der Waals surface area (Å²) in [7, 11) is -2.72. The number of aryl methyl sites for hydroxylation is 2. The van der Waals surface area contributed by atoms with Crippen molar-refractivity contribution in [1.29, 1.82) is 0 Å². The number of hydrogen-bond acceptors (Lipinski definition) is 1. The van der Waals surface area contributed by atoms with Gasteiger partial charge in [0.1, 0.15) is 11.2 Å². The summed E-state index contributed by atoms with van der Waals surface area (Å²) in [4.78, 5) is 0. The van der Waals surface area contributed by atoms with Crippen LogP contribution >= 0.6 is 0 Å². The molecule has 0 saturated heterocycles. The highest BCUT2D eigenvalue weighted by Crippen LogP contribution is 2.49. The fourth-order valence-corrected chi connectivity index (χ4v) is 17.3. The highest BCUT2D eigenvalue weighted by atomic mass is 28.3.